The lowest BCUT2D eigenvalue weighted by Crippen LogP contribution is -2.37. The molecule has 4 nitrogen and oxygen atoms in total. The normalized spacial score (nSPS) is 17.8. The van der Waals surface area contributed by atoms with Gasteiger partial charge in [0.2, 0.25) is 0 Å². The number of hydrogen-bond acceptors (Lipinski definition) is 3. The number of carboxylic acids is 1. The highest BCUT2D eigenvalue weighted by Gasteiger charge is 2.30. The fourth-order valence-corrected chi connectivity index (χ4v) is 5.22. The van der Waals surface area contributed by atoms with Crippen LogP contribution >= 0.6 is 0 Å². The SMILES string of the molecule is C[C@@H](NCC1CC(c2ccc(F)c(CCC(=O)O)c2)c2ccccc2O1)c1cccc2ccccc12. The van der Waals surface area contributed by atoms with Gasteiger partial charge in [0, 0.05) is 30.5 Å². The standard InChI is InChI=1S/C31H30FNO3/c1-20(25-11-6-8-21-7-2-3-9-26(21)25)33-19-24-18-28(27-10-4-5-12-30(27)36-24)22-13-15-29(32)23(17-22)14-16-31(34)35/h2-13,15,17,20,24,28,33H,14,16,18-19H2,1H3,(H,34,35)/t20-,24?,28?/m1/s1. The van der Waals surface area contributed by atoms with Gasteiger partial charge in [-0.05, 0) is 59.4 Å². The molecule has 0 fully saturated rings. The number of carboxylic acid groups (broad SMARTS) is 1. The molecule has 4 aromatic rings. The molecule has 4 aromatic carbocycles. The van der Waals surface area contributed by atoms with E-state index in [1.54, 1.807) is 0 Å². The topological polar surface area (TPSA) is 58.6 Å². The van der Waals surface area contributed by atoms with Crippen LogP contribution < -0.4 is 10.1 Å². The summed E-state index contributed by atoms with van der Waals surface area (Å²) in [6, 6.07) is 28.0. The van der Waals surface area contributed by atoms with Crippen molar-refractivity contribution in [3.05, 3.63) is 113 Å². The minimum absolute atomic E-state index is 0.0405. The van der Waals surface area contributed by atoms with Crippen molar-refractivity contribution in [3.8, 4) is 5.75 Å². The minimum atomic E-state index is -0.928. The van der Waals surface area contributed by atoms with Crippen molar-refractivity contribution in [2.24, 2.45) is 0 Å². The van der Waals surface area contributed by atoms with Crippen LogP contribution in [0, 0.1) is 5.82 Å². The fourth-order valence-electron chi connectivity index (χ4n) is 5.22. The van der Waals surface area contributed by atoms with Crippen molar-refractivity contribution >= 4 is 16.7 Å². The van der Waals surface area contributed by atoms with E-state index in [4.69, 9.17) is 9.84 Å². The molecule has 0 saturated carbocycles. The summed E-state index contributed by atoms with van der Waals surface area (Å²) in [4.78, 5) is 11.0. The zero-order valence-corrected chi connectivity index (χ0v) is 20.3. The van der Waals surface area contributed by atoms with Crippen LogP contribution in [0.5, 0.6) is 5.75 Å². The number of benzene rings is 4. The third-order valence-corrected chi connectivity index (χ3v) is 7.11. The van der Waals surface area contributed by atoms with Crippen molar-refractivity contribution in [2.75, 3.05) is 6.54 Å². The van der Waals surface area contributed by atoms with Crippen LogP contribution in [-0.2, 0) is 11.2 Å². The number of nitrogens with one attached hydrogen (secondary N) is 1. The predicted molar refractivity (Wildman–Crippen MR) is 140 cm³/mol. The van der Waals surface area contributed by atoms with Crippen molar-refractivity contribution in [1.29, 1.82) is 0 Å². The highest BCUT2D eigenvalue weighted by molar-refractivity contribution is 5.86. The number of aryl methyl sites for hydroxylation is 1. The summed E-state index contributed by atoms with van der Waals surface area (Å²) in [5.74, 6) is -0.404. The van der Waals surface area contributed by atoms with Gasteiger partial charge in [0.05, 0.1) is 0 Å². The molecule has 0 aromatic heterocycles. The molecule has 0 radical (unpaired) electrons. The molecule has 36 heavy (non-hydrogen) atoms. The summed E-state index contributed by atoms with van der Waals surface area (Å²) >= 11 is 0. The maximum atomic E-state index is 14.4. The maximum absolute atomic E-state index is 14.4. The molecular formula is C31H30FNO3. The number of ether oxygens (including phenoxy) is 1. The first-order chi connectivity index (χ1) is 17.5. The highest BCUT2D eigenvalue weighted by Crippen LogP contribution is 2.41. The van der Waals surface area contributed by atoms with E-state index >= 15 is 0 Å². The van der Waals surface area contributed by atoms with Crippen LogP contribution in [-0.4, -0.2) is 23.7 Å². The first-order valence-electron chi connectivity index (χ1n) is 12.5. The van der Waals surface area contributed by atoms with Gasteiger partial charge < -0.3 is 15.2 Å². The second kappa shape index (κ2) is 10.5. The first kappa shape index (κ1) is 24.0. The van der Waals surface area contributed by atoms with E-state index in [0.29, 0.717) is 12.1 Å². The fraction of sp³-hybridized carbons (Fsp3) is 0.258. The summed E-state index contributed by atoms with van der Waals surface area (Å²) in [6.07, 6.45) is 0.766. The molecular weight excluding hydrogens is 453 g/mol. The van der Waals surface area contributed by atoms with E-state index in [2.05, 4.69) is 60.8 Å². The number of hydrogen-bond donors (Lipinski definition) is 2. The number of aliphatic carboxylic acids is 1. The second-order valence-corrected chi connectivity index (χ2v) is 9.51. The van der Waals surface area contributed by atoms with Crippen LogP contribution in [0.25, 0.3) is 10.8 Å². The van der Waals surface area contributed by atoms with Gasteiger partial charge in [-0.25, -0.2) is 4.39 Å². The van der Waals surface area contributed by atoms with Crippen LogP contribution in [0.15, 0.2) is 84.9 Å². The van der Waals surface area contributed by atoms with E-state index in [-0.39, 0.29) is 36.7 Å². The highest BCUT2D eigenvalue weighted by atomic mass is 19.1. The van der Waals surface area contributed by atoms with Crippen LogP contribution in [0.1, 0.15) is 54.0 Å². The zero-order valence-electron chi connectivity index (χ0n) is 20.3. The molecule has 5 heteroatoms. The van der Waals surface area contributed by atoms with E-state index in [9.17, 15) is 9.18 Å². The Bertz CT molecular complexity index is 1380. The summed E-state index contributed by atoms with van der Waals surface area (Å²) in [7, 11) is 0. The van der Waals surface area contributed by atoms with Crippen molar-refractivity contribution in [1.82, 2.24) is 5.32 Å². The van der Waals surface area contributed by atoms with Gasteiger partial charge in [0.15, 0.2) is 0 Å². The smallest absolute Gasteiger partial charge is 0.303 e. The van der Waals surface area contributed by atoms with Gasteiger partial charge >= 0.3 is 5.97 Å². The number of fused-ring (bicyclic) bond motifs is 2. The molecule has 1 heterocycles. The molecule has 0 amide bonds. The Balaban J connectivity index is 1.36. The van der Waals surface area contributed by atoms with Crippen LogP contribution in [0.4, 0.5) is 4.39 Å². The molecule has 2 N–H and O–H groups in total. The summed E-state index contributed by atoms with van der Waals surface area (Å²) in [5.41, 5.74) is 3.76. The quantitative estimate of drug-likeness (QED) is 0.295. The van der Waals surface area contributed by atoms with Gasteiger partial charge in [-0.3, -0.25) is 4.79 Å². The van der Waals surface area contributed by atoms with Gasteiger partial charge in [-0.2, -0.15) is 0 Å². The minimum Gasteiger partial charge on any atom is -0.489 e. The van der Waals surface area contributed by atoms with E-state index < -0.39 is 5.97 Å². The van der Waals surface area contributed by atoms with E-state index in [0.717, 1.165) is 23.3 Å². The predicted octanol–water partition coefficient (Wildman–Crippen LogP) is 6.63. The molecule has 1 aliphatic heterocycles. The molecule has 2 unspecified atom stereocenters. The Morgan fingerprint density at radius 2 is 1.83 bits per heavy atom. The molecule has 1 aliphatic rings. The van der Waals surface area contributed by atoms with Crippen molar-refractivity contribution in [2.45, 2.75) is 44.2 Å². The Morgan fingerprint density at radius 3 is 2.69 bits per heavy atom. The average Bonchev–Trinajstić information content (AvgIpc) is 2.90. The Kier molecular flexibility index (Phi) is 7.01. The second-order valence-electron chi connectivity index (χ2n) is 9.51. The molecule has 5 rings (SSSR count). The Labute approximate surface area is 210 Å². The summed E-state index contributed by atoms with van der Waals surface area (Å²) < 4.78 is 20.8. The molecule has 0 aliphatic carbocycles. The Hall–Kier alpha value is -3.70. The van der Waals surface area contributed by atoms with Gasteiger partial charge in [-0.15, -0.1) is 0 Å². The monoisotopic (exact) mass is 483 g/mol. The van der Waals surface area contributed by atoms with Gasteiger partial charge in [-0.1, -0.05) is 72.8 Å². The van der Waals surface area contributed by atoms with Crippen molar-refractivity contribution in [3.63, 3.8) is 0 Å². The molecule has 0 saturated heterocycles. The third kappa shape index (κ3) is 5.12. The molecule has 0 bridgehead atoms. The molecule has 3 atom stereocenters. The lowest BCUT2D eigenvalue weighted by atomic mass is 9.83. The van der Waals surface area contributed by atoms with E-state index in [1.807, 2.05) is 30.3 Å². The molecule has 0 spiro atoms. The summed E-state index contributed by atoms with van der Waals surface area (Å²) in [6.45, 7) is 2.84. The number of para-hydroxylation sites is 1. The number of carbonyl (C=O) groups is 1. The van der Waals surface area contributed by atoms with E-state index in [1.165, 1.54) is 22.4 Å². The van der Waals surface area contributed by atoms with Crippen molar-refractivity contribution < 1.29 is 19.0 Å². The van der Waals surface area contributed by atoms with Gasteiger partial charge in [0.25, 0.3) is 0 Å². The summed E-state index contributed by atoms with van der Waals surface area (Å²) in [5, 5.41) is 15.2. The third-order valence-electron chi connectivity index (χ3n) is 7.11. The first-order valence-corrected chi connectivity index (χ1v) is 12.5. The van der Waals surface area contributed by atoms with Crippen LogP contribution in [0.3, 0.4) is 0 Å². The maximum Gasteiger partial charge on any atom is 0.303 e. The number of rotatable bonds is 8. The lowest BCUT2D eigenvalue weighted by Gasteiger charge is -2.33. The zero-order chi connectivity index (χ0) is 25.1. The Morgan fingerprint density at radius 1 is 1.06 bits per heavy atom. The van der Waals surface area contributed by atoms with Gasteiger partial charge in [0.1, 0.15) is 17.7 Å². The average molecular weight is 484 g/mol. The number of halogens is 1. The molecule has 184 valence electrons. The largest absolute Gasteiger partial charge is 0.489 e. The van der Waals surface area contributed by atoms with Crippen LogP contribution in [0.2, 0.25) is 0 Å². The lowest BCUT2D eigenvalue weighted by molar-refractivity contribution is -0.136.